The van der Waals surface area contributed by atoms with E-state index < -0.39 is 17.8 Å². The van der Waals surface area contributed by atoms with E-state index >= 15 is 0 Å². The Balaban J connectivity index is 3.63. The van der Waals surface area contributed by atoms with Crippen molar-refractivity contribution >= 4 is 38.8 Å². The summed E-state index contributed by atoms with van der Waals surface area (Å²) in [6.45, 7) is 6.44. The molecular weight excluding hydrogens is 196 g/mol. The molecule has 0 aliphatic heterocycles. The van der Waals surface area contributed by atoms with Crippen LogP contribution in [0.3, 0.4) is 0 Å². The van der Waals surface area contributed by atoms with Crippen LogP contribution in [0.5, 0.6) is 0 Å². The molecule has 0 aromatic heterocycles. The topological polar surface area (TPSA) is 27.7 Å². The summed E-state index contributed by atoms with van der Waals surface area (Å²) in [5.74, 6) is 0. The number of rotatable bonds is 4. The summed E-state index contributed by atoms with van der Waals surface area (Å²) >= 11 is 0. The van der Waals surface area contributed by atoms with E-state index in [4.69, 9.17) is 12.3 Å². The second kappa shape index (κ2) is 4.59. The Hall–Kier alpha value is 0.748. The fraction of sp³-hybridized carbons (Fsp3) is 1.00. The minimum absolute atomic E-state index is 0.731. The minimum atomic E-state index is -1.63. The summed E-state index contributed by atoms with van der Waals surface area (Å²) in [6.07, 6.45) is 0. The first-order valence-electron chi connectivity index (χ1n) is 3.23. The molecule has 0 aromatic carbocycles. The zero-order chi connectivity index (χ0) is 8.20. The lowest BCUT2D eigenvalue weighted by Gasteiger charge is -2.22. The third kappa shape index (κ3) is 5.53. The summed E-state index contributed by atoms with van der Waals surface area (Å²) in [7, 11) is -1.58. The van der Waals surface area contributed by atoms with E-state index in [-0.39, 0.29) is 0 Å². The molecule has 0 saturated carbocycles. The molecule has 62 valence electrons. The zero-order valence-electron chi connectivity index (χ0n) is 7.30. The summed E-state index contributed by atoms with van der Waals surface area (Å²) in [5.41, 5.74) is 0. The Morgan fingerprint density at radius 2 is 1.50 bits per heavy atom. The zero-order valence-corrected chi connectivity index (χ0v) is 13.5. The molecule has 0 fully saturated rings. The summed E-state index contributed by atoms with van der Waals surface area (Å²) in [4.78, 5) is 0. The molecule has 0 heterocycles. The summed E-state index contributed by atoms with van der Waals surface area (Å²) in [5, 5.41) is 0. The van der Waals surface area contributed by atoms with Crippen molar-refractivity contribution in [1.29, 1.82) is 0 Å². The van der Waals surface area contributed by atoms with Gasteiger partial charge >= 0.3 is 9.53 Å². The van der Waals surface area contributed by atoms with Gasteiger partial charge in [-0.3, -0.25) is 0 Å². The van der Waals surface area contributed by atoms with Gasteiger partial charge in [0.05, 0.1) is 0 Å². The largest absolute Gasteiger partial charge is 0.451 e. The fourth-order valence-corrected chi connectivity index (χ4v) is 7.79. The lowest BCUT2D eigenvalue weighted by Crippen LogP contribution is -2.38. The normalized spacial score (nSPS) is 15.9. The van der Waals surface area contributed by atoms with Crippen LogP contribution in [-0.4, -0.2) is 38.8 Å². The van der Waals surface area contributed by atoms with Crippen LogP contribution in [-0.2, 0) is 12.3 Å². The molecular formula is C3H16O3Si4. The van der Waals surface area contributed by atoms with Crippen LogP contribution in [0.1, 0.15) is 0 Å². The van der Waals surface area contributed by atoms with E-state index in [2.05, 4.69) is 19.6 Å². The van der Waals surface area contributed by atoms with Crippen molar-refractivity contribution < 1.29 is 12.3 Å². The van der Waals surface area contributed by atoms with Crippen LogP contribution in [0, 0.1) is 0 Å². The quantitative estimate of drug-likeness (QED) is 0.512. The molecule has 0 saturated heterocycles. The molecule has 0 N–H and O–H groups in total. The van der Waals surface area contributed by atoms with Crippen LogP contribution in [0.25, 0.3) is 0 Å². The Morgan fingerprint density at radius 1 is 1.10 bits per heavy atom. The molecule has 0 aliphatic carbocycles. The molecule has 0 atom stereocenters. The molecule has 0 spiro atoms. The van der Waals surface area contributed by atoms with E-state index in [0.717, 1.165) is 21.0 Å². The Kier molecular flexibility index (Phi) is 4.93. The van der Waals surface area contributed by atoms with Gasteiger partial charge in [-0.25, -0.2) is 0 Å². The van der Waals surface area contributed by atoms with Crippen molar-refractivity contribution in [2.45, 2.75) is 19.6 Å². The maximum Gasteiger partial charge on any atom is 0.451 e. The maximum atomic E-state index is 5.64. The van der Waals surface area contributed by atoms with Crippen molar-refractivity contribution in [2.75, 3.05) is 0 Å². The number of hydrogen-bond acceptors (Lipinski definition) is 3. The van der Waals surface area contributed by atoms with Gasteiger partial charge in [-0.1, -0.05) is 0 Å². The molecule has 0 aliphatic rings. The SMILES string of the molecule is C[Si](C)(C)O[SiH](O[SiH3])O[SiH3]. The third-order valence-corrected chi connectivity index (χ3v) is 7.51. The molecule has 7 heteroatoms. The predicted molar refractivity (Wildman–Crippen MR) is 53.6 cm³/mol. The van der Waals surface area contributed by atoms with Gasteiger partial charge in [0.2, 0.25) is 0 Å². The molecule has 10 heavy (non-hydrogen) atoms. The van der Waals surface area contributed by atoms with Gasteiger partial charge < -0.3 is 12.3 Å². The fourth-order valence-electron chi connectivity index (χ4n) is 0.481. The monoisotopic (exact) mass is 212 g/mol. The van der Waals surface area contributed by atoms with Gasteiger partial charge in [-0.15, -0.1) is 0 Å². The van der Waals surface area contributed by atoms with Crippen LogP contribution >= 0.6 is 0 Å². The first-order chi connectivity index (χ1) is 4.49. The Labute approximate surface area is 71.3 Å². The van der Waals surface area contributed by atoms with Gasteiger partial charge in [0.1, 0.15) is 21.0 Å². The third-order valence-electron chi connectivity index (χ3n) is 0.835. The molecule has 0 unspecified atom stereocenters. The van der Waals surface area contributed by atoms with Crippen molar-refractivity contribution in [3.63, 3.8) is 0 Å². The molecule has 0 bridgehead atoms. The Bertz CT molecular complexity index is 88.2. The van der Waals surface area contributed by atoms with Gasteiger partial charge in [-0.05, 0) is 19.6 Å². The highest BCUT2D eigenvalue weighted by molar-refractivity contribution is 6.75. The van der Waals surface area contributed by atoms with Gasteiger partial charge in [0.25, 0.3) is 0 Å². The first-order valence-corrected chi connectivity index (χ1v) is 9.68. The average molecular weight is 213 g/mol. The predicted octanol–water partition coefficient (Wildman–Crippen LogP) is -1.85. The highest BCUT2D eigenvalue weighted by atomic mass is 28.4. The summed E-state index contributed by atoms with van der Waals surface area (Å²) < 4.78 is 16.0. The van der Waals surface area contributed by atoms with Crippen LogP contribution < -0.4 is 0 Å². The van der Waals surface area contributed by atoms with Crippen LogP contribution in [0.2, 0.25) is 19.6 Å². The highest BCUT2D eigenvalue weighted by Gasteiger charge is 2.21. The maximum absolute atomic E-state index is 5.64. The standard InChI is InChI=1S/C3H16O3Si4/c1-10(2,3)6-9(4-7)5-8/h9H,1-3,7-8H3. The summed E-state index contributed by atoms with van der Waals surface area (Å²) in [6, 6.07) is 0. The van der Waals surface area contributed by atoms with Crippen LogP contribution in [0.4, 0.5) is 0 Å². The lowest BCUT2D eigenvalue weighted by atomic mass is 11.8. The smallest absolute Gasteiger partial charge is 0.428 e. The lowest BCUT2D eigenvalue weighted by molar-refractivity contribution is 0.329. The van der Waals surface area contributed by atoms with Crippen molar-refractivity contribution in [1.82, 2.24) is 0 Å². The van der Waals surface area contributed by atoms with Gasteiger partial charge in [0, 0.05) is 0 Å². The van der Waals surface area contributed by atoms with E-state index in [9.17, 15) is 0 Å². The van der Waals surface area contributed by atoms with E-state index in [1.165, 1.54) is 0 Å². The number of hydrogen-bond donors (Lipinski definition) is 0. The molecule has 0 radical (unpaired) electrons. The Morgan fingerprint density at radius 3 is 1.60 bits per heavy atom. The van der Waals surface area contributed by atoms with Crippen LogP contribution in [0.15, 0.2) is 0 Å². The van der Waals surface area contributed by atoms with Gasteiger partial charge in [0.15, 0.2) is 8.32 Å². The minimum Gasteiger partial charge on any atom is -0.428 e. The molecule has 3 nitrogen and oxygen atoms in total. The van der Waals surface area contributed by atoms with Crippen molar-refractivity contribution in [3.05, 3.63) is 0 Å². The van der Waals surface area contributed by atoms with Crippen molar-refractivity contribution in [3.8, 4) is 0 Å². The second-order valence-corrected chi connectivity index (χ2v) is 12.5. The van der Waals surface area contributed by atoms with E-state index in [1.807, 2.05) is 0 Å². The van der Waals surface area contributed by atoms with E-state index in [0.29, 0.717) is 0 Å². The molecule has 0 rings (SSSR count). The first kappa shape index (κ1) is 10.7. The van der Waals surface area contributed by atoms with Crippen molar-refractivity contribution in [2.24, 2.45) is 0 Å². The van der Waals surface area contributed by atoms with Gasteiger partial charge in [-0.2, -0.15) is 0 Å². The molecule has 0 amide bonds. The second-order valence-electron chi connectivity index (χ2n) is 2.99. The average Bonchev–Trinajstić information content (AvgIpc) is 1.81. The van der Waals surface area contributed by atoms with E-state index in [1.54, 1.807) is 0 Å². The molecule has 0 aromatic rings. The highest BCUT2D eigenvalue weighted by Crippen LogP contribution is 2.04.